The van der Waals surface area contributed by atoms with Crippen molar-refractivity contribution in [3.05, 3.63) is 28.2 Å². The first-order chi connectivity index (χ1) is 7.94. The van der Waals surface area contributed by atoms with E-state index >= 15 is 0 Å². The summed E-state index contributed by atoms with van der Waals surface area (Å²) >= 11 is 3.61. The van der Waals surface area contributed by atoms with Gasteiger partial charge < -0.3 is 10.6 Å². The van der Waals surface area contributed by atoms with Gasteiger partial charge in [-0.15, -0.1) is 0 Å². The highest BCUT2D eigenvalue weighted by molar-refractivity contribution is 9.10. The Hall–Kier alpha value is -0.540. The van der Waals surface area contributed by atoms with Gasteiger partial charge in [-0.3, -0.25) is 0 Å². The highest BCUT2D eigenvalue weighted by atomic mass is 79.9. The Kier molecular flexibility index (Phi) is 3.50. The molecule has 1 heterocycles. The molecule has 1 unspecified atom stereocenters. The molecule has 0 saturated carbocycles. The topological polar surface area (TPSA) is 29.3 Å². The van der Waals surface area contributed by atoms with E-state index in [9.17, 15) is 0 Å². The molecule has 1 aromatic rings. The molecule has 1 aliphatic rings. The van der Waals surface area contributed by atoms with Gasteiger partial charge in [-0.25, -0.2) is 0 Å². The average Bonchev–Trinajstić information content (AvgIpc) is 2.58. The number of nitrogens with zero attached hydrogens (tertiary/aromatic N) is 1. The summed E-state index contributed by atoms with van der Waals surface area (Å²) in [5, 5.41) is 0. The SMILES string of the molecule is Cc1ccc(N2CC(CN)CC2(C)C)cc1Br. The van der Waals surface area contributed by atoms with Crippen LogP contribution in [-0.2, 0) is 0 Å². The van der Waals surface area contributed by atoms with E-state index in [1.807, 2.05) is 0 Å². The Balaban J connectivity index is 2.30. The predicted octanol–water partition coefficient (Wildman–Crippen LogP) is 3.32. The number of hydrogen-bond acceptors (Lipinski definition) is 2. The first kappa shape index (κ1) is 12.9. The van der Waals surface area contributed by atoms with Crippen molar-refractivity contribution in [2.75, 3.05) is 18.0 Å². The third-order valence-electron chi connectivity index (χ3n) is 3.76. The summed E-state index contributed by atoms with van der Waals surface area (Å²) in [6.45, 7) is 8.57. The van der Waals surface area contributed by atoms with Crippen molar-refractivity contribution in [2.45, 2.75) is 32.7 Å². The van der Waals surface area contributed by atoms with Crippen molar-refractivity contribution in [1.82, 2.24) is 0 Å². The van der Waals surface area contributed by atoms with Gasteiger partial charge in [-0.2, -0.15) is 0 Å². The van der Waals surface area contributed by atoms with Gasteiger partial charge in [0.2, 0.25) is 0 Å². The Morgan fingerprint density at radius 1 is 1.47 bits per heavy atom. The van der Waals surface area contributed by atoms with Crippen LogP contribution in [0.5, 0.6) is 0 Å². The summed E-state index contributed by atoms with van der Waals surface area (Å²) in [5.74, 6) is 0.616. The molecule has 2 N–H and O–H groups in total. The normalized spacial score (nSPS) is 23.1. The molecule has 0 aliphatic carbocycles. The lowest BCUT2D eigenvalue weighted by Crippen LogP contribution is -2.38. The van der Waals surface area contributed by atoms with Crippen LogP contribution in [0.15, 0.2) is 22.7 Å². The minimum absolute atomic E-state index is 0.207. The van der Waals surface area contributed by atoms with Gasteiger partial charge in [0, 0.05) is 22.2 Å². The number of benzene rings is 1. The Bertz CT molecular complexity index is 415. The van der Waals surface area contributed by atoms with Gasteiger partial charge in [-0.1, -0.05) is 22.0 Å². The fraction of sp³-hybridized carbons (Fsp3) is 0.571. The van der Waals surface area contributed by atoms with E-state index in [0.29, 0.717) is 5.92 Å². The molecule has 0 spiro atoms. The lowest BCUT2D eigenvalue weighted by molar-refractivity contribution is 0.476. The van der Waals surface area contributed by atoms with E-state index in [0.717, 1.165) is 13.1 Å². The first-order valence-electron chi connectivity index (χ1n) is 6.18. The molecule has 0 bridgehead atoms. The molecule has 1 atom stereocenters. The quantitative estimate of drug-likeness (QED) is 0.907. The molecule has 17 heavy (non-hydrogen) atoms. The first-order valence-corrected chi connectivity index (χ1v) is 6.97. The second-order valence-electron chi connectivity index (χ2n) is 5.66. The van der Waals surface area contributed by atoms with Crippen LogP contribution in [0.25, 0.3) is 0 Å². The van der Waals surface area contributed by atoms with E-state index in [1.165, 1.54) is 22.1 Å². The number of aryl methyl sites for hydroxylation is 1. The van der Waals surface area contributed by atoms with Crippen molar-refractivity contribution >= 4 is 21.6 Å². The van der Waals surface area contributed by atoms with Crippen LogP contribution in [0.4, 0.5) is 5.69 Å². The smallest absolute Gasteiger partial charge is 0.0382 e. The molecule has 94 valence electrons. The third-order valence-corrected chi connectivity index (χ3v) is 4.61. The van der Waals surface area contributed by atoms with Gasteiger partial charge in [-0.05, 0) is 57.4 Å². The second kappa shape index (κ2) is 4.62. The fourth-order valence-corrected chi connectivity index (χ4v) is 3.12. The van der Waals surface area contributed by atoms with Crippen molar-refractivity contribution in [3.63, 3.8) is 0 Å². The van der Waals surface area contributed by atoms with Crippen molar-refractivity contribution in [1.29, 1.82) is 0 Å². The number of anilines is 1. The molecular formula is C14H21BrN2. The lowest BCUT2D eigenvalue weighted by Gasteiger charge is -2.34. The van der Waals surface area contributed by atoms with E-state index < -0.39 is 0 Å². The monoisotopic (exact) mass is 296 g/mol. The van der Waals surface area contributed by atoms with Crippen LogP contribution in [0.3, 0.4) is 0 Å². The summed E-state index contributed by atoms with van der Waals surface area (Å²) in [7, 11) is 0. The van der Waals surface area contributed by atoms with Gasteiger partial charge in [0.15, 0.2) is 0 Å². The van der Waals surface area contributed by atoms with Gasteiger partial charge in [0.1, 0.15) is 0 Å². The van der Waals surface area contributed by atoms with Crippen LogP contribution >= 0.6 is 15.9 Å². The van der Waals surface area contributed by atoms with Crippen LogP contribution in [-0.4, -0.2) is 18.6 Å². The summed E-state index contributed by atoms with van der Waals surface area (Å²) in [6, 6.07) is 6.60. The average molecular weight is 297 g/mol. The number of halogens is 1. The zero-order chi connectivity index (χ0) is 12.6. The standard InChI is InChI=1S/C14H21BrN2/c1-10-4-5-12(6-13(10)15)17-9-11(8-16)7-14(17,2)3/h4-6,11H,7-9,16H2,1-3H3. The van der Waals surface area contributed by atoms with E-state index in [2.05, 4.69) is 59.8 Å². The maximum absolute atomic E-state index is 5.81. The van der Waals surface area contributed by atoms with Crippen LogP contribution < -0.4 is 10.6 Å². The Labute approximate surface area is 112 Å². The highest BCUT2D eigenvalue weighted by Crippen LogP contribution is 2.37. The molecule has 3 heteroatoms. The molecule has 1 saturated heterocycles. The van der Waals surface area contributed by atoms with Crippen molar-refractivity contribution in [3.8, 4) is 0 Å². The predicted molar refractivity (Wildman–Crippen MR) is 77.5 cm³/mol. The summed E-state index contributed by atoms with van der Waals surface area (Å²) in [4.78, 5) is 2.48. The van der Waals surface area contributed by atoms with Crippen LogP contribution in [0.2, 0.25) is 0 Å². The lowest BCUT2D eigenvalue weighted by atomic mass is 9.96. The minimum Gasteiger partial charge on any atom is -0.366 e. The number of nitrogens with two attached hydrogens (primary N) is 1. The minimum atomic E-state index is 0.207. The van der Waals surface area contributed by atoms with Gasteiger partial charge in [0.05, 0.1) is 0 Å². The van der Waals surface area contributed by atoms with Crippen molar-refractivity contribution in [2.24, 2.45) is 11.7 Å². The maximum atomic E-state index is 5.81. The van der Waals surface area contributed by atoms with E-state index in [1.54, 1.807) is 0 Å². The number of hydrogen-bond donors (Lipinski definition) is 1. The molecule has 1 aliphatic heterocycles. The van der Waals surface area contributed by atoms with Crippen LogP contribution in [0, 0.1) is 12.8 Å². The number of rotatable bonds is 2. The van der Waals surface area contributed by atoms with Gasteiger partial charge >= 0.3 is 0 Å². The highest BCUT2D eigenvalue weighted by Gasteiger charge is 2.37. The summed E-state index contributed by atoms with van der Waals surface area (Å²) in [5.41, 5.74) is 8.59. The van der Waals surface area contributed by atoms with Crippen LogP contribution in [0.1, 0.15) is 25.8 Å². The van der Waals surface area contributed by atoms with E-state index in [-0.39, 0.29) is 5.54 Å². The zero-order valence-corrected chi connectivity index (χ0v) is 12.4. The Morgan fingerprint density at radius 3 is 2.71 bits per heavy atom. The Morgan fingerprint density at radius 2 is 2.18 bits per heavy atom. The molecule has 1 aromatic carbocycles. The van der Waals surface area contributed by atoms with E-state index in [4.69, 9.17) is 5.73 Å². The third kappa shape index (κ3) is 2.50. The molecule has 0 amide bonds. The second-order valence-corrected chi connectivity index (χ2v) is 6.52. The summed E-state index contributed by atoms with van der Waals surface area (Å²) in [6.07, 6.45) is 1.18. The maximum Gasteiger partial charge on any atom is 0.0382 e. The molecule has 0 radical (unpaired) electrons. The fourth-order valence-electron chi connectivity index (χ4n) is 2.75. The molecule has 2 nitrogen and oxygen atoms in total. The molecular weight excluding hydrogens is 276 g/mol. The van der Waals surface area contributed by atoms with Gasteiger partial charge in [0.25, 0.3) is 0 Å². The molecule has 0 aromatic heterocycles. The largest absolute Gasteiger partial charge is 0.366 e. The van der Waals surface area contributed by atoms with Crippen molar-refractivity contribution < 1.29 is 0 Å². The molecule has 2 rings (SSSR count). The summed E-state index contributed by atoms with van der Waals surface area (Å²) < 4.78 is 1.18. The zero-order valence-electron chi connectivity index (χ0n) is 10.8. The molecule has 1 fully saturated rings.